The molecule has 0 unspecified atom stereocenters. The number of aryl methyl sites for hydroxylation is 2. The van der Waals surface area contributed by atoms with E-state index in [2.05, 4.69) is 15.6 Å². The van der Waals surface area contributed by atoms with E-state index in [0.717, 1.165) is 21.5 Å². The van der Waals surface area contributed by atoms with Gasteiger partial charge in [-0.05, 0) is 41.1 Å². The standard InChI is InChI=1S/C19H15F6N5O2/c1-11-5-3-8-15(30-17(31)29(2)27-28-30)14(11)10-32-26-16(19(23,24)25)12-6-4-7-13(9-12)18(20,21)22/h3-9H,10H2,1-2H3/b26-16-. The van der Waals surface area contributed by atoms with Gasteiger partial charge < -0.3 is 4.84 Å². The van der Waals surface area contributed by atoms with Crippen molar-refractivity contribution in [1.82, 2.24) is 19.8 Å². The molecular formula is C19H15F6N5O2. The molecule has 0 aliphatic rings. The Morgan fingerprint density at radius 2 is 1.75 bits per heavy atom. The van der Waals surface area contributed by atoms with Crippen molar-refractivity contribution in [2.75, 3.05) is 0 Å². The third kappa shape index (κ3) is 4.81. The van der Waals surface area contributed by atoms with Gasteiger partial charge in [0.15, 0.2) is 5.71 Å². The Morgan fingerprint density at radius 3 is 2.34 bits per heavy atom. The minimum atomic E-state index is -5.08. The average Bonchev–Trinajstić information content (AvgIpc) is 3.03. The lowest BCUT2D eigenvalue weighted by Gasteiger charge is -2.14. The Balaban J connectivity index is 1.96. The molecule has 1 heterocycles. The number of hydrogen-bond donors (Lipinski definition) is 0. The molecule has 0 spiro atoms. The molecule has 0 bridgehead atoms. The second-order valence-corrected chi connectivity index (χ2v) is 6.66. The summed E-state index contributed by atoms with van der Waals surface area (Å²) in [4.78, 5) is 17.0. The second kappa shape index (κ2) is 8.48. The predicted molar refractivity (Wildman–Crippen MR) is 100 cm³/mol. The Bertz CT molecular complexity index is 1210. The van der Waals surface area contributed by atoms with Crippen LogP contribution in [0.1, 0.15) is 22.3 Å². The molecule has 2 aromatic carbocycles. The fraction of sp³-hybridized carbons (Fsp3) is 0.263. The van der Waals surface area contributed by atoms with Crippen molar-refractivity contribution in [3.05, 3.63) is 75.2 Å². The van der Waals surface area contributed by atoms with E-state index < -0.39 is 41.5 Å². The van der Waals surface area contributed by atoms with Crippen molar-refractivity contribution in [2.24, 2.45) is 12.2 Å². The van der Waals surface area contributed by atoms with Crippen LogP contribution in [0, 0.1) is 6.92 Å². The number of aromatic nitrogens is 4. The quantitative estimate of drug-likeness (QED) is 0.331. The zero-order valence-electron chi connectivity index (χ0n) is 16.6. The topological polar surface area (TPSA) is 74.3 Å². The zero-order chi connectivity index (χ0) is 23.7. The molecule has 3 rings (SSSR count). The fourth-order valence-electron chi connectivity index (χ4n) is 2.81. The number of oxime groups is 1. The van der Waals surface area contributed by atoms with Crippen LogP contribution in [0.3, 0.4) is 0 Å². The number of tetrazole rings is 1. The van der Waals surface area contributed by atoms with Crippen molar-refractivity contribution in [3.63, 3.8) is 0 Å². The highest BCUT2D eigenvalue weighted by Gasteiger charge is 2.39. The van der Waals surface area contributed by atoms with E-state index in [-0.39, 0.29) is 5.69 Å². The lowest BCUT2D eigenvalue weighted by molar-refractivity contribution is -0.137. The fourth-order valence-corrected chi connectivity index (χ4v) is 2.81. The number of benzene rings is 2. The summed E-state index contributed by atoms with van der Waals surface area (Å²) in [7, 11) is 1.37. The largest absolute Gasteiger partial charge is 0.437 e. The van der Waals surface area contributed by atoms with Crippen LogP contribution in [0.15, 0.2) is 52.4 Å². The molecule has 13 heteroatoms. The highest BCUT2D eigenvalue weighted by molar-refractivity contribution is 6.04. The molecule has 0 N–H and O–H groups in total. The minimum Gasteiger partial charge on any atom is -0.390 e. The van der Waals surface area contributed by atoms with Crippen LogP contribution >= 0.6 is 0 Å². The molecule has 0 saturated carbocycles. The first-order chi connectivity index (χ1) is 14.9. The summed E-state index contributed by atoms with van der Waals surface area (Å²) in [6, 6.07) is 7.41. The van der Waals surface area contributed by atoms with Crippen LogP contribution in [0.25, 0.3) is 5.69 Å². The lowest BCUT2D eigenvalue weighted by Crippen LogP contribution is -2.25. The molecule has 1 aromatic heterocycles. The third-order valence-corrected chi connectivity index (χ3v) is 4.43. The van der Waals surface area contributed by atoms with Gasteiger partial charge in [-0.1, -0.05) is 29.4 Å². The Hall–Kier alpha value is -3.64. The Labute approximate surface area is 176 Å². The van der Waals surface area contributed by atoms with Gasteiger partial charge in [0.2, 0.25) is 0 Å². The van der Waals surface area contributed by atoms with Crippen LogP contribution in [-0.2, 0) is 24.7 Å². The molecule has 32 heavy (non-hydrogen) atoms. The van der Waals surface area contributed by atoms with Crippen molar-refractivity contribution in [1.29, 1.82) is 0 Å². The van der Waals surface area contributed by atoms with Crippen molar-refractivity contribution >= 4 is 5.71 Å². The molecule has 0 aliphatic carbocycles. The molecule has 0 aliphatic heterocycles. The maximum Gasteiger partial charge on any atom is 0.437 e. The van der Waals surface area contributed by atoms with Gasteiger partial charge in [0.1, 0.15) is 6.61 Å². The number of nitrogens with zero attached hydrogens (tertiary/aromatic N) is 5. The van der Waals surface area contributed by atoms with Crippen LogP contribution in [0.4, 0.5) is 26.3 Å². The summed E-state index contributed by atoms with van der Waals surface area (Å²) in [5.41, 5.74) is -3.22. The normalized spacial score (nSPS) is 12.8. The number of halogens is 6. The van der Waals surface area contributed by atoms with Gasteiger partial charge in [0.25, 0.3) is 0 Å². The second-order valence-electron chi connectivity index (χ2n) is 6.66. The average molecular weight is 459 g/mol. The maximum absolute atomic E-state index is 13.5. The predicted octanol–water partition coefficient (Wildman–Crippen LogP) is 3.78. The summed E-state index contributed by atoms with van der Waals surface area (Å²) in [6.07, 6.45) is -9.91. The van der Waals surface area contributed by atoms with Gasteiger partial charge in [0, 0.05) is 18.2 Å². The van der Waals surface area contributed by atoms with Gasteiger partial charge >= 0.3 is 18.0 Å². The van der Waals surface area contributed by atoms with E-state index >= 15 is 0 Å². The highest BCUT2D eigenvalue weighted by atomic mass is 19.4. The maximum atomic E-state index is 13.5. The SMILES string of the molecule is Cc1cccc(-n2nnn(C)c2=O)c1CO/N=C(/c1cccc(C(F)(F)F)c1)C(F)(F)F. The summed E-state index contributed by atoms with van der Waals surface area (Å²) < 4.78 is 81.0. The number of hydrogen-bond acceptors (Lipinski definition) is 5. The molecule has 0 amide bonds. The molecule has 7 nitrogen and oxygen atoms in total. The van der Waals surface area contributed by atoms with Crippen LogP contribution in [-0.4, -0.2) is 31.7 Å². The van der Waals surface area contributed by atoms with Crippen LogP contribution in [0.2, 0.25) is 0 Å². The lowest BCUT2D eigenvalue weighted by atomic mass is 10.1. The number of rotatable bonds is 5. The third-order valence-electron chi connectivity index (χ3n) is 4.43. The molecule has 170 valence electrons. The van der Waals surface area contributed by atoms with E-state index in [0.29, 0.717) is 23.3 Å². The molecule has 0 atom stereocenters. The van der Waals surface area contributed by atoms with Gasteiger partial charge in [-0.25, -0.2) is 4.79 Å². The summed E-state index contributed by atoms with van der Waals surface area (Å²) in [6.45, 7) is 1.12. The monoisotopic (exact) mass is 459 g/mol. The van der Waals surface area contributed by atoms with Gasteiger partial charge in [0.05, 0.1) is 11.3 Å². The molecule has 0 fully saturated rings. The Kier molecular flexibility index (Phi) is 6.10. The molecule has 0 saturated heterocycles. The summed E-state index contributed by atoms with van der Waals surface area (Å²) in [5.74, 6) is 0. The van der Waals surface area contributed by atoms with Gasteiger partial charge in [-0.3, -0.25) is 0 Å². The minimum absolute atomic E-state index is 0.214. The van der Waals surface area contributed by atoms with E-state index in [9.17, 15) is 31.1 Å². The van der Waals surface area contributed by atoms with Gasteiger partial charge in [-0.15, -0.1) is 0 Å². The van der Waals surface area contributed by atoms with Crippen molar-refractivity contribution in [3.8, 4) is 5.69 Å². The van der Waals surface area contributed by atoms with E-state index in [4.69, 9.17) is 4.84 Å². The molecular weight excluding hydrogens is 444 g/mol. The number of alkyl halides is 6. The Morgan fingerprint density at radius 1 is 1.06 bits per heavy atom. The summed E-state index contributed by atoms with van der Waals surface area (Å²) >= 11 is 0. The summed E-state index contributed by atoms with van der Waals surface area (Å²) in [5, 5.41) is 10.4. The highest BCUT2D eigenvalue weighted by Crippen LogP contribution is 2.31. The van der Waals surface area contributed by atoms with E-state index in [1.165, 1.54) is 13.1 Å². The molecule has 3 aromatic rings. The first-order valence-electron chi connectivity index (χ1n) is 8.92. The van der Waals surface area contributed by atoms with Crippen LogP contribution < -0.4 is 5.69 Å². The van der Waals surface area contributed by atoms with Crippen molar-refractivity contribution < 1.29 is 31.2 Å². The van der Waals surface area contributed by atoms with Gasteiger partial charge in [-0.2, -0.15) is 35.7 Å². The first kappa shape index (κ1) is 23.0. The van der Waals surface area contributed by atoms with E-state index in [1.807, 2.05) is 0 Å². The van der Waals surface area contributed by atoms with E-state index in [1.54, 1.807) is 19.1 Å². The zero-order valence-corrected chi connectivity index (χ0v) is 16.6. The van der Waals surface area contributed by atoms with Crippen molar-refractivity contribution in [2.45, 2.75) is 25.9 Å². The smallest absolute Gasteiger partial charge is 0.390 e. The first-order valence-corrected chi connectivity index (χ1v) is 8.92. The van der Waals surface area contributed by atoms with Crippen LogP contribution in [0.5, 0.6) is 0 Å². The molecule has 0 radical (unpaired) electrons.